The fourth-order valence-corrected chi connectivity index (χ4v) is 2.54. The molecule has 18 heavy (non-hydrogen) atoms. The second-order valence-corrected chi connectivity index (χ2v) is 5.00. The van der Waals surface area contributed by atoms with Gasteiger partial charge in [-0.3, -0.25) is 9.48 Å². The number of amides is 1. The zero-order chi connectivity index (χ0) is 13.0. The van der Waals surface area contributed by atoms with E-state index in [-0.39, 0.29) is 5.91 Å². The minimum Gasteiger partial charge on any atom is -0.330 e. The molecule has 1 aromatic heterocycles. The van der Waals surface area contributed by atoms with Crippen molar-refractivity contribution >= 4 is 11.7 Å². The molecule has 3 N–H and O–H groups in total. The number of aryl methyl sites for hydroxylation is 1. The second kappa shape index (κ2) is 6.00. The Kier molecular flexibility index (Phi) is 4.36. The van der Waals surface area contributed by atoms with Gasteiger partial charge in [-0.1, -0.05) is 19.3 Å². The molecule has 1 saturated carbocycles. The number of hydrogen-bond donors (Lipinski definition) is 2. The number of nitrogens with two attached hydrogens (primary N) is 1. The number of anilines is 1. The van der Waals surface area contributed by atoms with Gasteiger partial charge in [0.05, 0.1) is 5.69 Å². The summed E-state index contributed by atoms with van der Waals surface area (Å²) in [4.78, 5) is 11.5. The van der Waals surface area contributed by atoms with Crippen molar-refractivity contribution in [2.24, 2.45) is 12.8 Å². The highest BCUT2D eigenvalue weighted by molar-refractivity contribution is 5.90. The Balaban J connectivity index is 2.03. The highest BCUT2D eigenvalue weighted by Gasteiger charge is 2.19. The van der Waals surface area contributed by atoms with Gasteiger partial charge in [-0.15, -0.1) is 0 Å². The lowest BCUT2D eigenvalue weighted by atomic mass is 9.87. The first-order valence-electron chi connectivity index (χ1n) is 6.74. The average molecular weight is 250 g/mol. The highest BCUT2D eigenvalue weighted by Crippen LogP contribution is 2.32. The summed E-state index contributed by atoms with van der Waals surface area (Å²) in [6, 6.07) is 2.00. The first-order valence-corrected chi connectivity index (χ1v) is 6.74. The summed E-state index contributed by atoms with van der Waals surface area (Å²) >= 11 is 0. The summed E-state index contributed by atoms with van der Waals surface area (Å²) in [6.45, 7) is 0.374. The van der Waals surface area contributed by atoms with E-state index < -0.39 is 0 Å². The number of nitrogens with zero attached hydrogens (tertiary/aromatic N) is 2. The standard InChI is InChI=1S/C13H22N4O/c1-17-12(15-13(18)7-8-14)9-11(16-17)10-5-3-2-4-6-10/h9-10H,2-8,14H2,1H3,(H,15,18). The van der Waals surface area contributed by atoms with Crippen LogP contribution in [0.25, 0.3) is 0 Å². The molecule has 100 valence electrons. The van der Waals surface area contributed by atoms with E-state index in [1.54, 1.807) is 4.68 Å². The van der Waals surface area contributed by atoms with Crippen molar-refractivity contribution in [1.29, 1.82) is 0 Å². The van der Waals surface area contributed by atoms with Crippen LogP contribution in [-0.2, 0) is 11.8 Å². The first-order chi connectivity index (χ1) is 8.70. The van der Waals surface area contributed by atoms with E-state index in [2.05, 4.69) is 10.4 Å². The van der Waals surface area contributed by atoms with Crippen molar-refractivity contribution in [2.45, 2.75) is 44.4 Å². The fraction of sp³-hybridized carbons (Fsp3) is 0.692. The predicted molar refractivity (Wildman–Crippen MR) is 71.3 cm³/mol. The maximum absolute atomic E-state index is 11.5. The predicted octanol–water partition coefficient (Wildman–Crippen LogP) is 1.76. The second-order valence-electron chi connectivity index (χ2n) is 5.00. The van der Waals surface area contributed by atoms with Crippen molar-refractivity contribution in [3.05, 3.63) is 11.8 Å². The van der Waals surface area contributed by atoms with Crippen molar-refractivity contribution in [1.82, 2.24) is 9.78 Å². The molecule has 1 aromatic rings. The number of carbonyl (C=O) groups excluding carboxylic acids is 1. The Morgan fingerprint density at radius 3 is 2.89 bits per heavy atom. The maximum Gasteiger partial charge on any atom is 0.226 e. The Bertz CT molecular complexity index is 407. The van der Waals surface area contributed by atoms with Gasteiger partial charge in [0.25, 0.3) is 0 Å². The summed E-state index contributed by atoms with van der Waals surface area (Å²) in [5.74, 6) is 1.29. The van der Waals surface area contributed by atoms with Crippen LogP contribution >= 0.6 is 0 Å². The van der Waals surface area contributed by atoms with Crippen molar-refractivity contribution < 1.29 is 4.79 Å². The third-order valence-electron chi connectivity index (χ3n) is 3.56. The molecule has 5 heteroatoms. The van der Waals surface area contributed by atoms with E-state index >= 15 is 0 Å². The van der Waals surface area contributed by atoms with Gasteiger partial charge in [-0.25, -0.2) is 0 Å². The van der Waals surface area contributed by atoms with Crippen LogP contribution in [0.1, 0.15) is 50.1 Å². The average Bonchev–Trinajstić information content (AvgIpc) is 2.72. The number of nitrogens with one attached hydrogen (secondary N) is 1. The molecule has 0 saturated heterocycles. The smallest absolute Gasteiger partial charge is 0.226 e. The van der Waals surface area contributed by atoms with E-state index in [1.807, 2.05) is 13.1 Å². The van der Waals surface area contributed by atoms with E-state index in [4.69, 9.17) is 5.73 Å². The van der Waals surface area contributed by atoms with Gasteiger partial charge in [0.1, 0.15) is 5.82 Å². The van der Waals surface area contributed by atoms with Crippen molar-refractivity contribution in [3.8, 4) is 0 Å². The molecular formula is C13H22N4O. The third kappa shape index (κ3) is 3.10. The Hall–Kier alpha value is -1.36. The number of aromatic nitrogens is 2. The molecule has 1 fully saturated rings. The summed E-state index contributed by atoms with van der Waals surface area (Å²) in [5.41, 5.74) is 6.47. The summed E-state index contributed by atoms with van der Waals surface area (Å²) in [7, 11) is 1.87. The van der Waals surface area contributed by atoms with E-state index in [1.165, 1.54) is 32.1 Å². The molecule has 0 spiro atoms. The molecule has 5 nitrogen and oxygen atoms in total. The van der Waals surface area contributed by atoms with Crippen molar-refractivity contribution in [2.75, 3.05) is 11.9 Å². The number of hydrogen-bond acceptors (Lipinski definition) is 3. The lowest BCUT2D eigenvalue weighted by Crippen LogP contribution is -2.17. The first kappa shape index (κ1) is 13.1. The Morgan fingerprint density at radius 2 is 2.22 bits per heavy atom. The van der Waals surface area contributed by atoms with Gasteiger partial charge in [0.15, 0.2) is 0 Å². The number of carbonyl (C=O) groups is 1. The van der Waals surface area contributed by atoms with Gasteiger partial charge >= 0.3 is 0 Å². The topological polar surface area (TPSA) is 72.9 Å². The van der Waals surface area contributed by atoms with Crippen LogP contribution in [0.2, 0.25) is 0 Å². The Morgan fingerprint density at radius 1 is 1.50 bits per heavy atom. The Labute approximate surface area is 108 Å². The lowest BCUT2D eigenvalue weighted by molar-refractivity contribution is -0.116. The molecular weight excluding hydrogens is 228 g/mol. The van der Waals surface area contributed by atoms with Gasteiger partial charge in [-0.05, 0) is 12.8 Å². The molecule has 0 unspecified atom stereocenters. The largest absolute Gasteiger partial charge is 0.330 e. The van der Waals surface area contributed by atoms with Crippen molar-refractivity contribution in [3.63, 3.8) is 0 Å². The number of rotatable bonds is 4. The molecule has 0 radical (unpaired) electrons. The van der Waals surface area contributed by atoms with E-state index in [0.29, 0.717) is 18.9 Å². The third-order valence-corrected chi connectivity index (χ3v) is 3.56. The SMILES string of the molecule is Cn1nc(C2CCCCC2)cc1NC(=O)CCN. The van der Waals surface area contributed by atoms with Gasteiger partial charge in [0.2, 0.25) is 5.91 Å². The van der Waals surface area contributed by atoms with Gasteiger partial charge < -0.3 is 11.1 Å². The fourth-order valence-electron chi connectivity index (χ4n) is 2.54. The normalized spacial score (nSPS) is 16.8. The van der Waals surface area contributed by atoms with E-state index in [9.17, 15) is 4.79 Å². The molecule has 0 bridgehead atoms. The minimum absolute atomic E-state index is 0.0457. The van der Waals surface area contributed by atoms with Crippen LogP contribution in [0, 0.1) is 0 Å². The molecule has 0 atom stereocenters. The van der Waals surface area contributed by atoms with Gasteiger partial charge in [-0.2, -0.15) is 5.10 Å². The molecule has 0 aliphatic heterocycles. The lowest BCUT2D eigenvalue weighted by Gasteiger charge is -2.19. The van der Waals surface area contributed by atoms with Crippen LogP contribution in [0.4, 0.5) is 5.82 Å². The summed E-state index contributed by atoms with van der Waals surface area (Å²) in [5, 5.41) is 7.37. The van der Waals surface area contributed by atoms with Crippen LogP contribution in [0.15, 0.2) is 6.07 Å². The molecule has 1 heterocycles. The zero-order valence-corrected chi connectivity index (χ0v) is 11.0. The highest BCUT2D eigenvalue weighted by atomic mass is 16.1. The monoisotopic (exact) mass is 250 g/mol. The van der Waals surface area contributed by atoms with Crippen LogP contribution in [0.3, 0.4) is 0 Å². The van der Waals surface area contributed by atoms with Gasteiger partial charge in [0, 0.05) is 32.0 Å². The maximum atomic E-state index is 11.5. The molecule has 0 aromatic carbocycles. The quantitative estimate of drug-likeness (QED) is 0.855. The molecule has 1 amide bonds. The van der Waals surface area contributed by atoms with E-state index in [0.717, 1.165) is 11.5 Å². The molecule has 1 aliphatic carbocycles. The summed E-state index contributed by atoms with van der Waals surface area (Å²) in [6.07, 6.45) is 6.69. The summed E-state index contributed by atoms with van der Waals surface area (Å²) < 4.78 is 1.75. The van der Waals surface area contributed by atoms with Crippen LogP contribution in [0.5, 0.6) is 0 Å². The zero-order valence-electron chi connectivity index (χ0n) is 11.0. The molecule has 1 aliphatic rings. The minimum atomic E-state index is -0.0457. The van der Waals surface area contributed by atoms with Crippen LogP contribution < -0.4 is 11.1 Å². The van der Waals surface area contributed by atoms with Crippen LogP contribution in [-0.4, -0.2) is 22.2 Å². The molecule has 2 rings (SSSR count).